The Morgan fingerprint density at radius 1 is 1.18 bits per heavy atom. The summed E-state index contributed by atoms with van der Waals surface area (Å²) in [7, 11) is 1.58. The van der Waals surface area contributed by atoms with E-state index in [9.17, 15) is 9.59 Å². The monoisotopic (exact) mass is 397 g/mol. The second kappa shape index (κ2) is 8.06. The van der Waals surface area contributed by atoms with E-state index >= 15 is 0 Å². The average Bonchev–Trinajstić information content (AvgIpc) is 2.65. The molecule has 0 aliphatic heterocycles. The van der Waals surface area contributed by atoms with Crippen LogP contribution in [0.1, 0.15) is 20.8 Å². The highest BCUT2D eigenvalue weighted by Gasteiger charge is 2.17. The molecule has 0 aliphatic rings. The first-order chi connectivity index (χ1) is 13.3. The van der Waals surface area contributed by atoms with Crippen molar-refractivity contribution in [1.82, 2.24) is 14.9 Å². The number of ether oxygens (including phenoxy) is 1. The maximum absolute atomic E-state index is 13.2. The molecule has 3 aromatic rings. The summed E-state index contributed by atoms with van der Waals surface area (Å²) in [5, 5.41) is 3.91. The van der Waals surface area contributed by atoms with Crippen LogP contribution in [0.15, 0.2) is 58.5 Å². The number of methoxy groups -OCH3 is 1. The summed E-state index contributed by atoms with van der Waals surface area (Å²) in [5.74, 6) is 0.683. The van der Waals surface area contributed by atoms with Crippen LogP contribution in [-0.2, 0) is 4.79 Å². The number of amides is 1. The van der Waals surface area contributed by atoms with Gasteiger partial charge in [0.1, 0.15) is 5.75 Å². The van der Waals surface area contributed by atoms with Gasteiger partial charge < -0.3 is 10.1 Å². The smallest absolute Gasteiger partial charge is 0.266 e. The number of para-hydroxylation sites is 1. The standard InChI is InChI=1S/C21H23N3O3S/c1-21(2,3)23-18(25)13-28-20-22-17-11-6-5-10-16(17)19(26)24(20)14-8-7-9-15(12-14)27-4/h5-12H,13H2,1-4H3,(H,23,25). The molecular formula is C21H23N3O3S. The van der Waals surface area contributed by atoms with Crippen molar-refractivity contribution < 1.29 is 9.53 Å². The zero-order chi connectivity index (χ0) is 20.3. The van der Waals surface area contributed by atoms with Gasteiger partial charge in [0, 0.05) is 11.6 Å². The topological polar surface area (TPSA) is 73.2 Å². The highest BCUT2D eigenvalue weighted by Crippen LogP contribution is 2.23. The lowest BCUT2D eigenvalue weighted by Gasteiger charge is -2.20. The average molecular weight is 398 g/mol. The first-order valence-corrected chi connectivity index (χ1v) is 9.87. The van der Waals surface area contributed by atoms with Gasteiger partial charge in [0.25, 0.3) is 5.56 Å². The van der Waals surface area contributed by atoms with E-state index in [0.29, 0.717) is 27.5 Å². The molecule has 0 unspecified atom stereocenters. The third kappa shape index (κ3) is 4.54. The molecule has 0 radical (unpaired) electrons. The predicted octanol–water partition coefficient (Wildman–Crippen LogP) is 3.40. The Balaban J connectivity index is 2.07. The number of hydrogen-bond acceptors (Lipinski definition) is 5. The van der Waals surface area contributed by atoms with Crippen molar-refractivity contribution in [1.29, 1.82) is 0 Å². The zero-order valence-electron chi connectivity index (χ0n) is 16.4. The fourth-order valence-corrected chi connectivity index (χ4v) is 3.58. The summed E-state index contributed by atoms with van der Waals surface area (Å²) in [5.41, 5.74) is 0.741. The van der Waals surface area contributed by atoms with E-state index in [1.807, 2.05) is 51.1 Å². The number of fused-ring (bicyclic) bond motifs is 1. The first kappa shape index (κ1) is 19.9. The number of thioether (sulfide) groups is 1. The molecule has 7 heteroatoms. The molecule has 6 nitrogen and oxygen atoms in total. The first-order valence-electron chi connectivity index (χ1n) is 8.88. The van der Waals surface area contributed by atoms with Gasteiger partial charge in [0.2, 0.25) is 5.91 Å². The number of benzene rings is 2. The van der Waals surface area contributed by atoms with Crippen molar-refractivity contribution in [3.8, 4) is 11.4 Å². The summed E-state index contributed by atoms with van der Waals surface area (Å²) >= 11 is 1.23. The molecule has 1 amide bonds. The van der Waals surface area contributed by atoms with Gasteiger partial charge in [-0.1, -0.05) is 30.0 Å². The molecule has 28 heavy (non-hydrogen) atoms. The lowest BCUT2D eigenvalue weighted by molar-refractivity contribution is -0.119. The third-order valence-electron chi connectivity index (χ3n) is 3.90. The zero-order valence-corrected chi connectivity index (χ0v) is 17.2. The fraction of sp³-hybridized carbons (Fsp3) is 0.286. The van der Waals surface area contributed by atoms with Crippen molar-refractivity contribution in [2.24, 2.45) is 0 Å². The second-order valence-corrected chi connectivity index (χ2v) is 8.28. The number of rotatable bonds is 5. The van der Waals surface area contributed by atoms with Crippen LogP contribution >= 0.6 is 11.8 Å². The van der Waals surface area contributed by atoms with E-state index in [4.69, 9.17) is 4.74 Å². The van der Waals surface area contributed by atoms with E-state index in [1.165, 1.54) is 16.3 Å². The highest BCUT2D eigenvalue weighted by atomic mass is 32.2. The van der Waals surface area contributed by atoms with Crippen molar-refractivity contribution in [2.45, 2.75) is 31.5 Å². The molecule has 1 heterocycles. The van der Waals surface area contributed by atoms with Crippen LogP contribution in [0.25, 0.3) is 16.6 Å². The van der Waals surface area contributed by atoms with Crippen molar-refractivity contribution in [3.05, 3.63) is 58.9 Å². The SMILES string of the molecule is COc1cccc(-n2c(SCC(=O)NC(C)(C)C)nc3ccccc3c2=O)c1. The predicted molar refractivity (Wildman–Crippen MR) is 113 cm³/mol. The molecule has 1 aromatic heterocycles. The van der Waals surface area contributed by atoms with E-state index in [0.717, 1.165) is 0 Å². The van der Waals surface area contributed by atoms with Crippen LogP contribution in [0, 0.1) is 0 Å². The molecule has 146 valence electrons. The molecule has 0 aliphatic carbocycles. The summed E-state index contributed by atoms with van der Waals surface area (Å²) < 4.78 is 6.82. The Bertz CT molecular complexity index is 1070. The van der Waals surface area contributed by atoms with Crippen LogP contribution < -0.4 is 15.6 Å². The van der Waals surface area contributed by atoms with Gasteiger partial charge in [-0.2, -0.15) is 0 Å². The minimum Gasteiger partial charge on any atom is -0.497 e. The quantitative estimate of drug-likeness (QED) is 0.528. The van der Waals surface area contributed by atoms with Gasteiger partial charge in [-0.3, -0.25) is 14.2 Å². The van der Waals surface area contributed by atoms with Crippen molar-refractivity contribution in [2.75, 3.05) is 12.9 Å². The summed E-state index contributed by atoms with van der Waals surface area (Å²) in [4.78, 5) is 30.1. The van der Waals surface area contributed by atoms with Crippen LogP contribution in [0.2, 0.25) is 0 Å². The van der Waals surface area contributed by atoms with Crippen molar-refractivity contribution >= 4 is 28.6 Å². The molecule has 3 rings (SSSR count). The van der Waals surface area contributed by atoms with Gasteiger partial charge >= 0.3 is 0 Å². The van der Waals surface area contributed by atoms with E-state index < -0.39 is 0 Å². The maximum atomic E-state index is 13.2. The minimum absolute atomic E-state index is 0.114. The van der Waals surface area contributed by atoms with E-state index in [-0.39, 0.29) is 22.8 Å². The van der Waals surface area contributed by atoms with Gasteiger partial charge in [0.15, 0.2) is 5.16 Å². The highest BCUT2D eigenvalue weighted by molar-refractivity contribution is 7.99. The van der Waals surface area contributed by atoms with Gasteiger partial charge in [-0.25, -0.2) is 4.98 Å². The Kier molecular flexibility index (Phi) is 5.74. The lowest BCUT2D eigenvalue weighted by Crippen LogP contribution is -2.41. The molecule has 0 atom stereocenters. The Morgan fingerprint density at radius 2 is 1.93 bits per heavy atom. The van der Waals surface area contributed by atoms with Gasteiger partial charge in [-0.15, -0.1) is 0 Å². The van der Waals surface area contributed by atoms with E-state index in [1.54, 1.807) is 25.3 Å². The number of carbonyl (C=O) groups is 1. The number of carbonyl (C=O) groups excluding carboxylic acids is 1. The minimum atomic E-state index is -0.319. The number of nitrogens with zero attached hydrogens (tertiary/aromatic N) is 2. The van der Waals surface area contributed by atoms with Gasteiger partial charge in [-0.05, 0) is 45.0 Å². The molecule has 2 aromatic carbocycles. The summed E-state index contributed by atoms with van der Waals surface area (Å²) in [6.07, 6.45) is 0. The molecule has 0 saturated carbocycles. The second-order valence-electron chi connectivity index (χ2n) is 7.34. The molecule has 0 saturated heterocycles. The van der Waals surface area contributed by atoms with E-state index in [2.05, 4.69) is 10.3 Å². The lowest BCUT2D eigenvalue weighted by atomic mass is 10.1. The molecule has 0 spiro atoms. The number of nitrogens with one attached hydrogen (secondary N) is 1. The maximum Gasteiger partial charge on any atom is 0.266 e. The van der Waals surface area contributed by atoms with Crippen LogP contribution in [0.3, 0.4) is 0 Å². The Hall–Kier alpha value is -2.80. The number of hydrogen-bond donors (Lipinski definition) is 1. The Labute approximate surface area is 167 Å². The summed E-state index contributed by atoms with van der Waals surface area (Å²) in [6, 6.07) is 14.4. The van der Waals surface area contributed by atoms with Crippen molar-refractivity contribution in [3.63, 3.8) is 0 Å². The molecule has 0 fully saturated rings. The van der Waals surface area contributed by atoms with Crippen LogP contribution in [0.4, 0.5) is 0 Å². The molecular weight excluding hydrogens is 374 g/mol. The van der Waals surface area contributed by atoms with Gasteiger partial charge in [0.05, 0.1) is 29.5 Å². The fourth-order valence-electron chi connectivity index (χ4n) is 2.77. The summed E-state index contributed by atoms with van der Waals surface area (Å²) in [6.45, 7) is 5.78. The Morgan fingerprint density at radius 3 is 2.64 bits per heavy atom. The largest absolute Gasteiger partial charge is 0.497 e. The third-order valence-corrected chi connectivity index (χ3v) is 4.84. The van der Waals surface area contributed by atoms with Crippen LogP contribution in [0.5, 0.6) is 5.75 Å². The van der Waals surface area contributed by atoms with Crippen LogP contribution in [-0.4, -0.2) is 33.9 Å². The number of aromatic nitrogens is 2. The molecule has 1 N–H and O–H groups in total. The molecule has 0 bridgehead atoms. The normalized spacial score (nSPS) is 11.4.